The van der Waals surface area contributed by atoms with Crippen LogP contribution in [-0.4, -0.2) is 11.1 Å². The van der Waals surface area contributed by atoms with Gasteiger partial charge in [0.15, 0.2) is 0 Å². The van der Waals surface area contributed by atoms with Crippen LogP contribution in [0.3, 0.4) is 0 Å². The third-order valence-electron chi connectivity index (χ3n) is 1.80. The Morgan fingerprint density at radius 1 is 1.46 bits per heavy atom. The zero-order valence-corrected chi connectivity index (χ0v) is 9.26. The first-order valence-corrected chi connectivity index (χ1v) is 5.46. The van der Waals surface area contributed by atoms with Gasteiger partial charge in [-0.05, 0) is 18.1 Å². The van der Waals surface area contributed by atoms with E-state index in [0.717, 1.165) is 16.0 Å². The number of hydrogen-bond donors (Lipinski definition) is 1. The van der Waals surface area contributed by atoms with Gasteiger partial charge in [-0.2, -0.15) is 0 Å². The van der Waals surface area contributed by atoms with Crippen LogP contribution in [0.1, 0.15) is 25.7 Å². The van der Waals surface area contributed by atoms with Crippen molar-refractivity contribution in [3.05, 3.63) is 20.9 Å². The van der Waals surface area contributed by atoms with E-state index in [-0.39, 0.29) is 0 Å². The summed E-state index contributed by atoms with van der Waals surface area (Å²) in [6.45, 7) is 1.76. The molecule has 0 aliphatic carbocycles. The van der Waals surface area contributed by atoms with Gasteiger partial charge in [-0.1, -0.05) is 0 Å². The second-order valence-corrected chi connectivity index (χ2v) is 4.17. The van der Waals surface area contributed by atoms with Gasteiger partial charge in [-0.25, -0.2) is 4.79 Å². The fraction of sp³-hybridized carbons (Fsp3) is 0.375. The van der Waals surface area contributed by atoms with Crippen molar-refractivity contribution >= 4 is 40.5 Å². The van der Waals surface area contributed by atoms with E-state index in [2.05, 4.69) is 0 Å². The normalized spacial score (nSPS) is 10.4. The lowest BCUT2D eigenvalue weighted by Gasteiger charge is -1.95. The molecule has 72 valence electrons. The molecule has 0 saturated carbocycles. The van der Waals surface area contributed by atoms with Crippen molar-refractivity contribution in [3.8, 4) is 0 Å². The molecule has 1 aromatic heterocycles. The average Bonchev–Trinajstić information content (AvgIpc) is 2.41. The van der Waals surface area contributed by atoms with Crippen molar-refractivity contribution in [2.24, 2.45) is 0 Å². The first-order chi connectivity index (χ1) is 6.11. The fourth-order valence-electron chi connectivity index (χ4n) is 1.09. The van der Waals surface area contributed by atoms with E-state index in [1.165, 1.54) is 11.3 Å². The summed E-state index contributed by atoms with van der Waals surface area (Å²) >= 11 is 12.6. The standard InChI is InChI=1S/C8H8Cl2O2S/c1-4-5(2-9)6(3-10)13-7(4)8(11)12/h2-3H2,1H3,(H,11,12). The molecule has 0 saturated heterocycles. The van der Waals surface area contributed by atoms with E-state index in [4.69, 9.17) is 28.3 Å². The van der Waals surface area contributed by atoms with Crippen molar-refractivity contribution in [2.75, 3.05) is 0 Å². The minimum Gasteiger partial charge on any atom is -0.477 e. The maximum Gasteiger partial charge on any atom is 0.346 e. The van der Waals surface area contributed by atoms with E-state index in [1.54, 1.807) is 6.92 Å². The smallest absolute Gasteiger partial charge is 0.346 e. The summed E-state index contributed by atoms with van der Waals surface area (Å²) in [6, 6.07) is 0. The highest BCUT2D eigenvalue weighted by molar-refractivity contribution is 7.14. The summed E-state index contributed by atoms with van der Waals surface area (Å²) in [5, 5.41) is 8.82. The maximum atomic E-state index is 10.7. The molecule has 0 bridgehead atoms. The summed E-state index contributed by atoms with van der Waals surface area (Å²) in [4.78, 5) is 11.9. The molecule has 1 N–H and O–H groups in total. The van der Waals surface area contributed by atoms with Crippen molar-refractivity contribution in [1.82, 2.24) is 0 Å². The van der Waals surface area contributed by atoms with Crippen molar-refractivity contribution in [1.29, 1.82) is 0 Å². The summed E-state index contributed by atoms with van der Waals surface area (Å²) in [5.41, 5.74) is 1.60. The Morgan fingerprint density at radius 3 is 2.38 bits per heavy atom. The van der Waals surface area contributed by atoms with Gasteiger partial charge in [-0.15, -0.1) is 34.5 Å². The third-order valence-corrected chi connectivity index (χ3v) is 3.82. The predicted molar refractivity (Wildman–Crippen MR) is 55.1 cm³/mol. The van der Waals surface area contributed by atoms with E-state index in [0.29, 0.717) is 16.6 Å². The molecule has 1 aromatic rings. The zero-order chi connectivity index (χ0) is 10.0. The molecule has 1 rings (SSSR count). The highest BCUT2D eigenvalue weighted by Crippen LogP contribution is 2.30. The second kappa shape index (κ2) is 4.31. The van der Waals surface area contributed by atoms with Crippen molar-refractivity contribution < 1.29 is 9.90 Å². The summed E-state index contributed by atoms with van der Waals surface area (Å²) in [5.74, 6) is -0.274. The van der Waals surface area contributed by atoms with E-state index >= 15 is 0 Å². The van der Waals surface area contributed by atoms with Gasteiger partial charge in [0.2, 0.25) is 0 Å². The van der Waals surface area contributed by atoms with Gasteiger partial charge in [-0.3, -0.25) is 0 Å². The van der Waals surface area contributed by atoms with E-state index in [1.807, 2.05) is 0 Å². The quantitative estimate of drug-likeness (QED) is 0.822. The van der Waals surface area contributed by atoms with Gasteiger partial charge in [0.25, 0.3) is 0 Å². The summed E-state index contributed by atoms with van der Waals surface area (Å²) in [7, 11) is 0. The number of carboxylic acids is 1. The van der Waals surface area contributed by atoms with Crippen LogP contribution in [0.2, 0.25) is 0 Å². The number of aromatic carboxylic acids is 1. The monoisotopic (exact) mass is 238 g/mol. The molecule has 0 unspecified atom stereocenters. The summed E-state index contributed by atoms with van der Waals surface area (Å²) in [6.07, 6.45) is 0. The highest BCUT2D eigenvalue weighted by Gasteiger charge is 2.17. The maximum absolute atomic E-state index is 10.7. The minimum atomic E-state index is -0.912. The Balaban J connectivity index is 3.26. The van der Waals surface area contributed by atoms with Gasteiger partial charge in [0.1, 0.15) is 4.88 Å². The van der Waals surface area contributed by atoms with Crippen LogP contribution in [0, 0.1) is 6.92 Å². The molecule has 0 aromatic carbocycles. The Bertz CT molecular complexity index is 333. The van der Waals surface area contributed by atoms with Crippen LogP contribution in [-0.2, 0) is 11.8 Å². The van der Waals surface area contributed by atoms with E-state index in [9.17, 15) is 4.79 Å². The molecular formula is C8H8Cl2O2S. The largest absolute Gasteiger partial charge is 0.477 e. The topological polar surface area (TPSA) is 37.3 Å². The molecule has 0 aliphatic heterocycles. The second-order valence-electron chi connectivity index (χ2n) is 2.53. The molecule has 0 fully saturated rings. The molecule has 13 heavy (non-hydrogen) atoms. The number of alkyl halides is 2. The minimum absolute atomic E-state index is 0.317. The molecule has 2 nitrogen and oxygen atoms in total. The average molecular weight is 239 g/mol. The van der Waals surface area contributed by atoms with E-state index < -0.39 is 5.97 Å². The molecule has 5 heteroatoms. The molecule has 0 radical (unpaired) electrons. The third kappa shape index (κ3) is 1.98. The molecule has 0 spiro atoms. The fourth-order valence-corrected chi connectivity index (χ4v) is 2.87. The molecule has 0 amide bonds. The van der Waals surface area contributed by atoms with Crippen LogP contribution >= 0.6 is 34.5 Å². The zero-order valence-electron chi connectivity index (χ0n) is 6.93. The lowest BCUT2D eigenvalue weighted by Crippen LogP contribution is -1.95. The number of thiophene rings is 1. The first-order valence-electron chi connectivity index (χ1n) is 3.58. The van der Waals surface area contributed by atoms with Crippen LogP contribution in [0.25, 0.3) is 0 Å². The first kappa shape index (κ1) is 10.8. The van der Waals surface area contributed by atoms with Crippen LogP contribution in [0.5, 0.6) is 0 Å². The van der Waals surface area contributed by atoms with Crippen LogP contribution in [0.4, 0.5) is 0 Å². The Labute approximate surface area is 90.1 Å². The van der Waals surface area contributed by atoms with Gasteiger partial charge >= 0.3 is 5.97 Å². The Morgan fingerprint density at radius 2 is 2.08 bits per heavy atom. The number of carboxylic acid groups (broad SMARTS) is 1. The molecule has 1 heterocycles. The molecule has 0 atom stereocenters. The van der Waals surface area contributed by atoms with Gasteiger partial charge < -0.3 is 5.11 Å². The number of hydrogen-bond acceptors (Lipinski definition) is 2. The van der Waals surface area contributed by atoms with Gasteiger partial charge in [0, 0.05) is 10.8 Å². The lowest BCUT2D eigenvalue weighted by molar-refractivity contribution is 0.0701. The molecule has 0 aliphatic rings. The Kier molecular flexibility index (Phi) is 3.59. The van der Waals surface area contributed by atoms with Crippen molar-refractivity contribution in [3.63, 3.8) is 0 Å². The number of carbonyl (C=O) groups is 1. The predicted octanol–water partition coefficient (Wildman–Crippen LogP) is 3.23. The van der Waals surface area contributed by atoms with Crippen LogP contribution in [0.15, 0.2) is 0 Å². The SMILES string of the molecule is Cc1c(C(=O)O)sc(CCl)c1CCl. The van der Waals surface area contributed by atoms with Crippen LogP contribution < -0.4 is 0 Å². The van der Waals surface area contributed by atoms with Gasteiger partial charge in [0.05, 0.1) is 5.88 Å². The Hall–Kier alpha value is -0.250. The van der Waals surface area contributed by atoms with Crippen molar-refractivity contribution in [2.45, 2.75) is 18.7 Å². The molecular weight excluding hydrogens is 231 g/mol. The highest BCUT2D eigenvalue weighted by atomic mass is 35.5. The number of rotatable bonds is 3. The lowest BCUT2D eigenvalue weighted by atomic mass is 10.1. The number of halogens is 2. The summed E-state index contributed by atoms with van der Waals surface area (Å²) < 4.78 is 0.